The highest BCUT2D eigenvalue weighted by Crippen LogP contribution is 2.04. The highest BCUT2D eigenvalue weighted by molar-refractivity contribution is 5.13. The van der Waals surface area contributed by atoms with Crippen LogP contribution in [-0.4, -0.2) is 18.0 Å². The topological polar surface area (TPSA) is 3.24 Å². The predicted molar refractivity (Wildman–Crippen MR) is 61.1 cm³/mol. The van der Waals surface area contributed by atoms with Gasteiger partial charge >= 0.3 is 0 Å². The van der Waals surface area contributed by atoms with Crippen molar-refractivity contribution in [2.24, 2.45) is 0 Å². The van der Waals surface area contributed by atoms with E-state index in [-0.39, 0.29) is 0 Å². The molecule has 1 aromatic carbocycles. The van der Waals surface area contributed by atoms with E-state index in [0.717, 1.165) is 13.1 Å². The Morgan fingerprint density at radius 3 is 2.79 bits per heavy atom. The zero-order valence-electron chi connectivity index (χ0n) is 9.29. The summed E-state index contributed by atoms with van der Waals surface area (Å²) in [6.07, 6.45) is 2.57. The van der Waals surface area contributed by atoms with E-state index in [1.165, 1.54) is 24.9 Å². The van der Waals surface area contributed by atoms with Gasteiger partial charge in [-0.1, -0.05) is 38.5 Å². The second-order valence-electron chi connectivity index (χ2n) is 3.63. The first-order chi connectivity index (χ1) is 6.86. The van der Waals surface area contributed by atoms with Crippen molar-refractivity contribution < 1.29 is 0 Å². The first kappa shape index (κ1) is 11.3. The van der Waals surface area contributed by atoms with Crippen molar-refractivity contribution in [1.29, 1.82) is 0 Å². The molecule has 0 aromatic heterocycles. The molecule has 1 nitrogen and oxygen atoms in total. The monoisotopic (exact) mass is 190 g/mol. The van der Waals surface area contributed by atoms with Crippen LogP contribution in [0.1, 0.15) is 32.3 Å². The molecule has 0 amide bonds. The van der Waals surface area contributed by atoms with Gasteiger partial charge in [-0.15, -0.1) is 0 Å². The van der Waals surface area contributed by atoms with Crippen molar-refractivity contribution >= 4 is 0 Å². The van der Waals surface area contributed by atoms with Gasteiger partial charge < -0.3 is 0 Å². The Morgan fingerprint density at radius 1 is 1.36 bits per heavy atom. The van der Waals surface area contributed by atoms with Crippen LogP contribution in [0.4, 0.5) is 0 Å². The number of rotatable bonds is 6. The van der Waals surface area contributed by atoms with E-state index in [4.69, 9.17) is 0 Å². The molecule has 0 fully saturated rings. The van der Waals surface area contributed by atoms with Gasteiger partial charge in [0.25, 0.3) is 0 Å². The van der Waals surface area contributed by atoms with Gasteiger partial charge in [0.1, 0.15) is 0 Å². The second kappa shape index (κ2) is 6.61. The number of nitrogens with zero attached hydrogens (tertiary/aromatic N) is 1. The molecule has 0 aliphatic carbocycles. The third kappa shape index (κ3) is 3.93. The molecule has 1 rings (SSSR count). The lowest BCUT2D eigenvalue weighted by Gasteiger charge is -2.19. The molecule has 1 radical (unpaired) electrons. The molecule has 1 aromatic rings. The molecule has 0 aliphatic heterocycles. The molecular weight excluding hydrogens is 170 g/mol. The molecule has 77 valence electrons. The molecule has 0 atom stereocenters. The Labute approximate surface area is 87.7 Å². The van der Waals surface area contributed by atoms with Crippen molar-refractivity contribution in [2.45, 2.75) is 33.2 Å². The van der Waals surface area contributed by atoms with Gasteiger partial charge in [-0.3, -0.25) is 4.90 Å². The summed E-state index contributed by atoms with van der Waals surface area (Å²) in [5.41, 5.74) is 1.37. The predicted octanol–water partition coefficient (Wildman–Crippen LogP) is 3.11. The van der Waals surface area contributed by atoms with Crippen molar-refractivity contribution in [3.63, 3.8) is 0 Å². The fraction of sp³-hybridized carbons (Fsp3) is 0.538. The fourth-order valence-corrected chi connectivity index (χ4v) is 1.52. The van der Waals surface area contributed by atoms with Gasteiger partial charge in [-0.05, 0) is 37.2 Å². The third-order valence-corrected chi connectivity index (χ3v) is 2.45. The highest BCUT2D eigenvalue weighted by atomic mass is 15.1. The molecule has 0 bridgehead atoms. The standard InChI is InChI=1S/C13H20N/c1-3-5-11-14(4-2)12-13-9-7-6-8-10-13/h6-7,9-10H,3-5,11-12H2,1-2H3. The molecule has 0 N–H and O–H groups in total. The normalized spacial score (nSPS) is 10.8. The lowest BCUT2D eigenvalue weighted by Crippen LogP contribution is -2.23. The van der Waals surface area contributed by atoms with Crippen LogP contribution in [0.3, 0.4) is 0 Å². The smallest absolute Gasteiger partial charge is 0.0233 e. The average Bonchev–Trinajstić information content (AvgIpc) is 2.25. The van der Waals surface area contributed by atoms with Crippen LogP contribution in [0.25, 0.3) is 0 Å². The van der Waals surface area contributed by atoms with Crippen LogP contribution in [0.2, 0.25) is 0 Å². The minimum absolute atomic E-state index is 1.06. The van der Waals surface area contributed by atoms with Gasteiger partial charge in [-0.25, -0.2) is 0 Å². The summed E-state index contributed by atoms with van der Waals surface area (Å²) >= 11 is 0. The summed E-state index contributed by atoms with van der Waals surface area (Å²) < 4.78 is 0. The van der Waals surface area contributed by atoms with Crippen molar-refractivity contribution in [1.82, 2.24) is 4.90 Å². The third-order valence-electron chi connectivity index (χ3n) is 2.45. The van der Waals surface area contributed by atoms with Gasteiger partial charge in [0.2, 0.25) is 0 Å². The van der Waals surface area contributed by atoms with Crippen LogP contribution >= 0.6 is 0 Å². The number of hydrogen-bond donors (Lipinski definition) is 0. The zero-order chi connectivity index (χ0) is 10.2. The summed E-state index contributed by atoms with van der Waals surface area (Å²) in [6, 6.07) is 11.4. The van der Waals surface area contributed by atoms with E-state index in [0.29, 0.717) is 0 Å². The molecular formula is C13H20N. The summed E-state index contributed by atoms with van der Waals surface area (Å²) in [6.45, 7) is 7.87. The Hall–Kier alpha value is -0.820. The largest absolute Gasteiger partial charge is 0.299 e. The van der Waals surface area contributed by atoms with E-state index < -0.39 is 0 Å². The molecule has 0 spiro atoms. The molecule has 14 heavy (non-hydrogen) atoms. The number of benzene rings is 1. The van der Waals surface area contributed by atoms with Crippen LogP contribution < -0.4 is 0 Å². The summed E-state index contributed by atoms with van der Waals surface area (Å²) in [5.74, 6) is 0. The van der Waals surface area contributed by atoms with Crippen LogP contribution in [-0.2, 0) is 6.54 Å². The first-order valence-electron chi connectivity index (χ1n) is 5.54. The van der Waals surface area contributed by atoms with Gasteiger partial charge in [-0.2, -0.15) is 0 Å². The van der Waals surface area contributed by atoms with E-state index in [2.05, 4.69) is 43.0 Å². The molecule has 0 unspecified atom stereocenters. The lowest BCUT2D eigenvalue weighted by atomic mass is 10.2. The van der Waals surface area contributed by atoms with E-state index in [1.54, 1.807) is 0 Å². The van der Waals surface area contributed by atoms with Crippen molar-refractivity contribution in [3.05, 3.63) is 35.9 Å². The molecule has 1 heteroatoms. The van der Waals surface area contributed by atoms with Gasteiger partial charge in [0.05, 0.1) is 0 Å². The molecule has 0 saturated heterocycles. The maximum atomic E-state index is 3.12. The van der Waals surface area contributed by atoms with E-state index in [9.17, 15) is 0 Å². The summed E-state index contributed by atoms with van der Waals surface area (Å²) in [5, 5.41) is 0. The van der Waals surface area contributed by atoms with Crippen molar-refractivity contribution in [2.75, 3.05) is 13.1 Å². The second-order valence-corrected chi connectivity index (χ2v) is 3.63. The Morgan fingerprint density at radius 2 is 2.21 bits per heavy atom. The zero-order valence-corrected chi connectivity index (χ0v) is 9.29. The first-order valence-corrected chi connectivity index (χ1v) is 5.54. The van der Waals surface area contributed by atoms with Crippen LogP contribution in [0, 0.1) is 6.07 Å². The number of hydrogen-bond acceptors (Lipinski definition) is 1. The van der Waals surface area contributed by atoms with Gasteiger partial charge in [0, 0.05) is 6.54 Å². The van der Waals surface area contributed by atoms with Gasteiger partial charge in [0.15, 0.2) is 0 Å². The van der Waals surface area contributed by atoms with Crippen LogP contribution in [0.5, 0.6) is 0 Å². The highest BCUT2D eigenvalue weighted by Gasteiger charge is 2.01. The minimum atomic E-state index is 1.06. The maximum Gasteiger partial charge on any atom is 0.0233 e. The Balaban J connectivity index is 2.40. The fourth-order valence-electron chi connectivity index (χ4n) is 1.52. The molecule has 0 heterocycles. The van der Waals surface area contributed by atoms with Crippen molar-refractivity contribution in [3.8, 4) is 0 Å². The Bertz CT molecular complexity index is 230. The summed E-state index contributed by atoms with van der Waals surface area (Å²) in [4.78, 5) is 2.48. The van der Waals surface area contributed by atoms with Crippen LogP contribution in [0.15, 0.2) is 24.3 Å². The quantitative estimate of drug-likeness (QED) is 0.666. The average molecular weight is 190 g/mol. The van der Waals surface area contributed by atoms with E-state index >= 15 is 0 Å². The lowest BCUT2D eigenvalue weighted by molar-refractivity contribution is 0.275. The minimum Gasteiger partial charge on any atom is -0.299 e. The van der Waals surface area contributed by atoms with E-state index in [1.807, 2.05) is 6.07 Å². The number of unbranched alkanes of at least 4 members (excludes halogenated alkanes) is 1. The summed E-state index contributed by atoms with van der Waals surface area (Å²) in [7, 11) is 0. The molecule has 0 aliphatic rings. The molecule has 0 saturated carbocycles. The SMILES string of the molecule is CCCCN(CC)Cc1c[c]ccc1. The maximum absolute atomic E-state index is 3.12. The Kier molecular flexibility index (Phi) is 5.31.